The third-order valence-corrected chi connectivity index (χ3v) is 18.8. The maximum Gasteiger partial charge on any atom is 0.252 e. The van der Waals surface area contributed by atoms with Crippen molar-refractivity contribution in [3.05, 3.63) is 209 Å². The molecule has 0 spiro atoms. The quantitative estimate of drug-likeness (QED) is 0.130. The fraction of sp³-hybridized carbons (Fsp3) is 0.237. The van der Waals surface area contributed by atoms with E-state index in [1.807, 2.05) is 68.3 Å². The van der Waals surface area contributed by atoms with E-state index in [1.165, 1.54) is 111 Å². The smallest absolute Gasteiger partial charge is 0.252 e. The summed E-state index contributed by atoms with van der Waals surface area (Å²) in [6.07, 6.45) is 3.66. The average Bonchev–Trinajstić information content (AvgIpc) is 1.68. The van der Waals surface area contributed by atoms with Crippen LogP contribution in [0.25, 0.3) is 83.1 Å². The van der Waals surface area contributed by atoms with Crippen LogP contribution in [0.1, 0.15) is 116 Å². The van der Waals surface area contributed by atoms with Crippen molar-refractivity contribution in [2.45, 2.75) is 128 Å². The molecule has 4 aromatic heterocycles. The molecule has 0 bridgehead atoms. The number of para-hydroxylation sites is 1. The van der Waals surface area contributed by atoms with Gasteiger partial charge in [-0.3, -0.25) is 4.39 Å². The van der Waals surface area contributed by atoms with Gasteiger partial charge in [0.2, 0.25) is 0 Å². The van der Waals surface area contributed by atoms with Crippen LogP contribution < -0.4 is 21.3 Å². The van der Waals surface area contributed by atoms with E-state index in [0.717, 1.165) is 61.1 Å². The average molecular weight is 1310 g/mol. The zero-order valence-corrected chi connectivity index (χ0v) is 54.1. The van der Waals surface area contributed by atoms with E-state index in [4.69, 9.17) is 9.40 Å². The van der Waals surface area contributed by atoms with Crippen LogP contribution in [0.2, 0.25) is 0 Å². The summed E-state index contributed by atoms with van der Waals surface area (Å²) in [7, 11) is 0. The second-order valence-electron chi connectivity index (χ2n) is 27.6. The van der Waals surface area contributed by atoms with Crippen molar-refractivity contribution >= 4 is 95.7 Å². The first-order chi connectivity index (χ1) is 39.9. The molecule has 3 aliphatic rings. The molecule has 425 valence electrons. The molecule has 1 radical (unpaired) electrons. The predicted octanol–water partition coefficient (Wildman–Crippen LogP) is 18.8. The molecule has 7 heterocycles. The van der Waals surface area contributed by atoms with Crippen molar-refractivity contribution < 1.29 is 28.9 Å². The summed E-state index contributed by atoms with van der Waals surface area (Å²) in [5, 5.41) is 4.78. The second-order valence-corrected chi connectivity index (χ2v) is 28.7. The molecule has 9 heteroatoms. The van der Waals surface area contributed by atoms with Crippen LogP contribution >= 0.6 is 11.8 Å². The summed E-state index contributed by atoms with van der Waals surface area (Å²) < 4.78 is 22.5. The van der Waals surface area contributed by atoms with Gasteiger partial charge in [0, 0.05) is 86.7 Å². The Morgan fingerprint density at radius 3 is 1.94 bits per heavy atom. The van der Waals surface area contributed by atoms with Crippen molar-refractivity contribution in [2.75, 3.05) is 4.90 Å². The van der Waals surface area contributed by atoms with Gasteiger partial charge in [0.15, 0.2) is 0 Å². The Hall–Kier alpha value is -7.55. The van der Waals surface area contributed by atoms with E-state index >= 15 is 0 Å². The van der Waals surface area contributed by atoms with Gasteiger partial charge in [-0.2, -0.15) is 0 Å². The van der Waals surface area contributed by atoms with E-state index in [1.54, 1.807) is 6.07 Å². The zero-order chi connectivity index (χ0) is 58.7. The summed E-state index contributed by atoms with van der Waals surface area (Å²) in [6, 6.07) is 59.2. The molecule has 0 saturated carbocycles. The Morgan fingerprint density at radius 1 is 0.553 bits per heavy atom. The summed E-state index contributed by atoms with van der Waals surface area (Å²) in [5.74, 6) is -0.275. The zero-order valence-electron chi connectivity index (χ0n) is 50.9. The van der Waals surface area contributed by atoms with Gasteiger partial charge in [-0.05, 0) is 151 Å². The number of anilines is 3. The van der Waals surface area contributed by atoms with Gasteiger partial charge < -0.3 is 23.9 Å². The first-order valence-corrected chi connectivity index (χ1v) is 30.2. The molecule has 3 aliphatic heterocycles. The SMILES string of the molecule is CC(C)(C)c1ccc2c(c1)Sc1cc(C(C)(C)C)cc3c1N2c1cc(-c2cccc4c2oc2c(-c5ccccn5)[c-]ccc24)cc2c1B3c1cc(C(C)(C)C)cc3c4cc(C(C)(C)C)ccc4n-2c13.Cc1cnc(-c2[c-]cc(F)cc2)cc1C.[Ir]. The molecule has 0 atom stereocenters. The molecule has 5 nitrogen and oxygen atoms in total. The van der Waals surface area contributed by atoms with Gasteiger partial charge in [0.05, 0.1) is 22.5 Å². The number of nitrogens with zero attached hydrogens (tertiary/aromatic N) is 4. The van der Waals surface area contributed by atoms with E-state index in [0.29, 0.717) is 0 Å². The summed E-state index contributed by atoms with van der Waals surface area (Å²) in [6.45, 7) is 32.2. The molecular weight excluding hydrogens is 1240 g/mol. The van der Waals surface area contributed by atoms with Crippen molar-refractivity contribution in [1.82, 2.24) is 14.5 Å². The van der Waals surface area contributed by atoms with E-state index in [2.05, 4.69) is 207 Å². The van der Waals surface area contributed by atoms with E-state index in [9.17, 15) is 4.39 Å². The predicted molar refractivity (Wildman–Crippen MR) is 352 cm³/mol. The topological polar surface area (TPSA) is 47.1 Å². The minimum atomic E-state index is -0.275. The van der Waals surface area contributed by atoms with E-state index < -0.39 is 0 Å². The number of rotatable bonds is 3. The Bertz CT molecular complexity index is 4720. The number of fused-ring (bicyclic) bond motifs is 12. The van der Waals surface area contributed by atoms with Crippen LogP contribution in [0.4, 0.5) is 21.5 Å². The second kappa shape index (κ2) is 20.0. The minimum Gasteiger partial charge on any atom is -0.500 e. The molecule has 0 amide bonds. The molecule has 15 rings (SSSR count). The molecular formula is C76H68BFIrN4OS-2. The number of aromatic nitrogens is 3. The van der Waals surface area contributed by atoms with Gasteiger partial charge >= 0.3 is 0 Å². The molecule has 0 saturated heterocycles. The van der Waals surface area contributed by atoms with Gasteiger partial charge in [0.1, 0.15) is 5.58 Å². The van der Waals surface area contributed by atoms with Gasteiger partial charge in [0.25, 0.3) is 6.71 Å². The number of hydrogen-bond donors (Lipinski definition) is 0. The van der Waals surface area contributed by atoms with Crippen molar-refractivity contribution in [2.24, 2.45) is 0 Å². The van der Waals surface area contributed by atoms with Crippen molar-refractivity contribution in [1.29, 1.82) is 0 Å². The fourth-order valence-corrected chi connectivity index (χ4v) is 14.0. The largest absolute Gasteiger partial charge is 0.500 e. The number of aryl methyl sites for hydroxylation is 2. The van der Waals surface area contributed by atoms with Gasteiger partial charge in [-0.1, -0.05) is 172 Å². The summed E-state index contributed by atoms with van der Waals surface area (Å²) in [5.41, 5.74) is 26.5. The third kappa shape index (κ3) is 9.30. The fourth-order valence-electron chi connectivity index (χ4n) is 12.8. The Kier molecular flexibility index (Phi) is 13.3. The Labute approximate surface area is 517 Å². The number of furan rings is 1. The molecule has 12 aromatic rings. The third-order valence-electron chi connectivity index (χ3n) is 17.7. The van der Waals surface area contributed by atoms with Gasteiger partial charge in [-0.25, -0.2) is 0 Å². The normalized spacial score (nSPS) is 13.4. The summed E-state index contributed by atoms with van der Waals surface area (Å²) in [4.78, 5) is 14.3. The van der Waals surface area contributed by atoms with Crippen molar-refractivity contribution in [3.63, 3.8) is 0 Å². The van der Waals surface area contributed by atoms with Crippen LogP contribution in [-0.2, 0) is 41.8 Å². The van der Waals surface area contributed by atoms with Crippen LogP contribution in [-0.4, -0.2) is 21.2 Å². The molecule has 0 fully saturated rings. The minimum absolute atomic E-state index is 0. The van der Waals surface area contributed by atoms with Crippen molar-refractivity contribution in [3.8, 4) is 39.3 Å². The maximum absolute atomic E-state index is 12.7. The first kappa shape index (κ1) is 56.6. The van der Waals surface area contributed by atoms with E-state index in [-0.39, 0.29) is 54.3 Å². The monoisotopic (exact) mass is 1310 g/mol. The Balaban J connectivity index is 0.000000367. The first-order valence-electron chi connectivity index (χ1n) is 29.4. The molecule has 0 aliphatic carbocycles. The number of halogens is 1. The van der Waals surface area contributed by atoms with Crippen LogP contribution in [0.3, 0.4) is 0 Å². The Morgan fingerprint density at radius 2 is 1.24 bits per heavy atom. The number of pyridine rings is 2. The van der Waals surface area contributed by atoms with Gasteiger partial charge in [-0.15, -0.1) is 48.0 Å². The number of hydrogen-bond acceptors (Lipinski definition) is 5. The van der Waals surface area contributed by atoms with Crippen LogP contribution in [0.15, 0.2) is 172 Å². The standard InChI is InChI=1S/C63H57BN3OS.C13H11FN.Ir/c1-60(2,3)36-22-24-49-44(29-36)45-30-38(62(7,8)9)31-46-56(45)66(49)51-27-35(40-17-15-18-41-42-19-16-20-43(59(42)68-58(40)41)48-21-13-14-26-65-48)28-52-55(51)64(46)47-32-39(63(10,11)12)34-54-57(47)67(52)50-25-23-37(61(4,5)6)33-53(50)69-54;1-9-7-13(15-8-10(9)2)11-3-5-12(14)6-4-11;/h13-19,21-34H,1-12H3;3,5-8H,1-2H3;/q2*-1;. The van der Waals surface area contributed by atoms with Crippen LogP contribution in [0.5, 0.6) is 0 Å². The van der Waals surface area contributed by atoms with Crippen LogP contribution in [0, 0.1) is 31.8 Å². The maximum atomic E-state index is 12.7. The number of benzene rings is 8. The molecule has 0 unspecified atom stereocenters. The molecule has 0 N–H and O–H groups in total. The molecule has 8 aromatic carbocycles. The molecule has 85 heavy (non-hydrogen) atoms. The summed E-state index contributed by atoms with van der Waals surface area (Å²) >= 11 is 1.95.